The predicted molar refractivity (Wildman–Crippen MR) is 72.7 cm³/mol. The first-order valence-electron chi connectivity index (χ1n) is 6.72. The van der Waals surface area contributed by atoms with Gasteiger partial charge in [0, 0.05) is 30.7 Å². The number of nitrogens with one attached hydrogen (secondary N) is 1. The summed E-state index contributed by atoms with van der Waals surface area (Å²) in [6, 6.07) is 6.62. The van der Waals surface area contributed by atoms with Gasteiger partial charge in [0.05, 0.1) is 0 Å². The van der Waals surface area contributed by atoms with Crippen LogP contribution < -0.4 is 10.2 Å². The van der Waals surface area contributed by atoms with Crippen molar-refractivity contribution in [2.75, 3.05) is 31.1 Å². The van der Waals surface area contributed by atoms with E-state index in [4.69, 9.17) is 0 Å². The molecule has 3 rings (SSSR count). The van der Waals surface area contributed by atoms with Crippen LogP contribution >= 0.6 is 0 Å². The first-order valence-corrected chi connectivity index (χ1v) is 6.72. The highest BCUT2D eigenvalue weighted by Crippen LogP contribution is 2.41. The Morgan fingerprint density at radius 3 is 2.47 bits per heavy atom. The molecule has 1 aromatic rings. The SMILES string of the molecule is Cc1cccc(C)c1N1CC2(CCCNC2)C1. The summed E-state index contributed by atoms with van der Waals surface area (Å²) in [5.41, 5.74) is 4.89. The smallest absolute Gasteiger partial charge is 0.0426 e. The lowest BCUT2D eigenvalue weighted by Gasteiger charge is -2.54. The van der Waals surface area contributed by atoms with E-state index < -0.39 is 0 Å². The average molecular weight is 230 g/mol. The van der Waals surface area contributed by atoms with Crippen LogP contribution in [-0.4, -0.2) is 26.2 Å². The Kier molecular flexibility index (Phi) is 2.62. The van der Waals surface area contributed by atoms with Crippen molar-refractivity contribution in [1.29, 1.82) is 0 Å². The van der Waals surface area contributed by atoms with E-state index in [0.717, 1.165) is 0 Å². The van der Waals surface area contributed by atoms with E-state index in [0.29, 0.717) is 5.41 Å². The Labute approximate surface area is 104 Å². The second kappa shape index (κ2) is 4.02. The molecule has 2 fully saturated rings. The van der Waals surface area contributed by atoms with Gasteiger partial charge in [-0.15, -0.1) is 0 Å². The van der Waals surface area contributed by atoms with Crippen LogP contribution in [0.4, 0.5) is 5.69 Å². The van der Waals surface area contributed by atoms with Crippen LogP contribution in [0.2, 0.25) is 0 Å². The van der Waals surface area contributed by atoms with Crippen LogP contribution in [0.25, 0.3) is 0 Å². The first-order chi connectivity index (χ1) is 8.20. The summed E-state index contributed by atoms with van der Waals surface area (Å²) in [5, 5.41) is 3.55. The topological polar surface area (TPSA) is 15.3 Å². The highest BCUT2D eigenvalue weighted by atomic mass is 15.2. The molecule has 1 aromatic carbocycles. The van der Waals surface area contributed by atoms with Crippen LogP contribution in [0.1, 0.15) is 24.0 Å². The van der Waals surface area contributed by atoms with Gasteiger partial charge in [0.2, 0.25) is 0 Å². The molecule has 0 bridgehead atoms. The summed E-state index contributed by atoms with van der Waals surface area (Å²) in [5.74, 6) is 0. The fourth-order valence-corrected chi connectivity index (χ4v) is 3.53. The summed E-state index contributed by atoms with van der Waals surface area (Å²) < 4.78 is 0. The van der Waals surface area contributed by atoms with E-state index in [1.165, 1.54) is 55.8 Å². The molecule has 2 heteroatoms. The second-order valence-electron chi connectivity index (χ2n) is 5.88. The Balaban J connectivity index is 1.76. The lowest BCUT2D eigenvalue weighted by atomic mass is 9.73. The van der Waals surface area contributed by atoms with Crippen molar-refractivity contribution < 1.29 is 0 Å². The minimum atomic E-state index is 0.576. The number of piperidine rings is 1. The molecule has 2 heterocycles. The quantitative estimate of drug-likeness (QED) is 0.797. The van der Waals surface area contributed by atoms with Gasteiger partial charge in [0.15, 0.2) is 0 Å². The highest BCUT2D eigenvalue weighted by molar-refractivity contribution is 5.61. The second-order valence-corrected chi connectivity index (χ2v) is 5.88. The van der Waals surface area contributed by atoms with E-state index >= 15 is 0 Å². The van der Waals surface area contributed by atoms with Crippen LogP contribution in [0.3, 0.4) is 0 Å². The molecule has 92 valence electrons. The zero-order chi connectivity index (χ0) is 11.9. The maximum Gasteiger partial charge on any atom is 0.0426 e. The number of hydrogen-bond acceptors (Lipinski definition) is 2. The first kappa shape index (κ1) is 11.1. The number of rotatable bonds is 1. The van der Waals surface area contributed by atoms with E-state index in [-0.39, 0.29) is 0 Å². The molecular weight excluding hydrogens is 208 g/mol. The molecule has 0 aromatic heterocycles. The molecule has 0 radical (unpaired) electrons. The van der Waals surface area contributed by atoms with Gasteiger partial charge in [-0.25, -0.2) is 0 Å². The van der Waals surface area contributed by atoms with Gasteiger partial charge in [0.1, 0.15) is 0 Å². The zero-order valence-corrected chi connectivity index (χ0v) is 10.9. The van der Waals surface area contributed by atoms with Crippen LogP contribution in [0.5, 0.6) is 0 Å². The van der Waals surface area contributed by atoms with E-state index in [9.17, 15) is 0 Å². The largest absolute Gasteiger partial charge is 0.370 e. The third kappa shape index (κ3) is 1.85. The van der Waals surface area contributed by atoms with Crippen LogP contribution in [0.15, 0.2) is 18.2 Å². The van der Waals surface area contributed by atoms with Crippen molar-refractivity contribution in [1.82, 2.24) is 5.32 Å². The Hall–Kier alpha value is -1.02. The molecule has 1 spiro atoms. The number of hydrogen-bond donors (Lipinski definition) is 1. The molecule has 0 unspecified atom stereocenters. The van der Waals surface area contributed by atoms with Gasteiger partial charge < -0.3 is 10.2 Å². The van der Waals surface area contributed by atoms with Gasteiger partial charge in [-0.2, -0.15) is 0 Å². The summed E-state index contributed by atoms with van der Waals surface area (Å²) >= 11 is 0. The molecule has 1 N–H and O–H groups in total. The predicted octanol–water partition coefficient (Wildman–Crippen LogP) is 2.49. The van der Waals surface area contributed by atoms with Crippen LogP contribution in [0, 0.1) is 19.3 Å². The van der Waals surface area contributed by atoms with Crippen molar-refractivity contribution in [3.8, 4) is 0 Å². The standard InChI is InChI=1S/C15H22N2/c1-12-5-3-6-13(2)14(12)17-10-15(11-17)7-4-8-16-9-15/h3,5-6,16H,4,7-11H2,1-2H3. The van der Waals surface area contributed by atoms with Crippen LogP contribution in [-0.2, 0) is 0 Å². The highest BCUT2D eigenvalue weighted by Gasteiger charge is 2.44. The third-order valence-corrected chi connectivity index (χ3v) is 4.37. The Morgan fingerprint density at radius 1 is 1.18 bits per heavy atom. The molecule has 0 aliphatic carbocycles. The third-order valence-electron chi connectivity index (χ3n) is 4.37. The zero-order valence-electron chi connectivity index (χ0n) is 10.9. The number of benzene rings is 1. The van der Waals surface area contributed by atoms with Crippen molar-refractivity contribution in [3.05, 3.63) is 29.3 Å². The van der Waals surface area contributed by atoms with Gasteiger partial charge in [-0.1, -0.05) is 18.2 Å². The van der Waals surface area contributed by atoms with Crippen molar-refractivity contribution in [2.24, 2.45) is 5.41 Å². The molecule has 2 saturated heterocycles. The summed E-state index contributed by atoms with van der Waals surface area (Å²) in [6.07, 6.45) is 2.75. The fraction of sp³-hybridized carbons (Fsp3) is 0.600. The minimum absolute atomic E-state index is 0.576. The lowest BCUT2D eigenvalue weighted by molar-refractivity contribution is 0.156. The number of para-hydroxylation sites is 1. The molecular formula is C15H22N2. The molecule has 0 atom stereocenters. The lowest BCUT2D eigenvalue weighted by Crippen LogP contribution is -2.62. The maximum absolute atomic E-state index is 3.55. The van der Waals surface area contributed by atoms with Gasteiger partial charge in [0.25, 0.3) is 0 Å². The number of aryl methyl sites for hydroxylation is 2. The number of nitrogens with zero attached hydrogens (tertiary/aromatic N) is 1. The molecule has 17 heavy (non-hydrogen) atoms. The summed E-state index contributed by atoms with van der Waals surface area (Å²) in [4.78, 5) is 2.57. The molecule has 0 amide bonds. The summed E-state index contributed by atoms with van der Waals surface area (Å²) in [6.45, 7) is 9.37. The van der Waals surface area contributed by atoms with Gasteiger partial charge in [-0.3, -0.25) is 0 Å². The molecule has 2 aliphatic rings. The van der Waals surface area contributed by atoms with Crippen molar-refractivity contribution >= 4 is 5.69 Å². The maximum atomic E-state index is 3.55. The minimum Gasteiger partial charge on any atom is -0.370 e. The average Bonchev–Trinajstić information content (AvgIpc) is 2.28. The van der Waals surface area contributed by atoms with Crippen molar-refractivity contribution in [2.45, 2.75) is 26.7 Å². The normalized spacial score (nSPS) is 22.6. The Morgan fingerprint density at radius 2 is 1.88 bits per heavy atom. The number of anilines is 1. The summed E-state index contributed by atoms with van der Waals surface area (Å²) in [7, 11) is 0. The van der Waals surface area contributed by atoms with E-state index in [1.807, 2.05) is 0 Å². The Bertz CT molecular complexity index is 391. The molecule has 2 nitrogen and oxygen atoms in total. The van der Waals surface area contributed by atoms with E-state index in [1.54, 1.807) is 0 Å². The monoisotopic (exact) mass is 230 g/mol. The van der Waals surface area contributed by atoms with Gasteiger partial charge in [-0.05, 0) is 44.4 Å². The molecule has 2 aliphatic heterocycles. The fourth-order valence-electron chi connectivity index (χ4n) is 3.53. The van der Waals surface area contributed by atoms with E-state index in [2.05, 4.69) is 42.3 Å². The van der Waals surface area contributed by atoms with Crippen molar-refractivity contribution in [3.63, 3.8) is 0 Å². The van der Waals surface area contributed by atoms with Gasteiger partial charge >= 0.3 is 0 Å². The molecule has 0 saturated carbocycles.